The van der Waals surface area contributed by atoms with Crippen molar-refractivity contribution in [3.05, 3.63) is 90.5 Å². The number of benzene rings is 2. The lowest BCUT2D eigenvalue weighted by molar-refractivity contribution is -0.154. The molecule has 3 heterocycles. The first-order chi connectivity index (χ1) is 22.5. The molecule has 3 fully saturated rings. The van der Waals surface area contributed by atoms with Crippen LogP contribution in [0.2, 0.25) is 0 Å². The molecule has 0 radical (unpaired) electrons. The number of nitrogens with zero attached hydrogens (tertiary/aromatic N) is 3. The summed E-state index contributed by atoms with van der Waals surface area (Å²) in [6.07, 6.45) is 5.48. The number of ether oxygens (including phenoxy) is 1. The van der Waals surface area contributed by atoms with Crippen molar-refractivity contribution >= 4 is 23.4 Å². The molecule has 2 aromatic rings. The van der Waals surface area contributed by atoms with E-state index in [1.807, 2.05) is 83.1 Å². The second-order valence-electron chi connectivity index (χ2n) is 14.1. The van der Waals surface area contributed by atoms with Gasteiger partial charge in [0, 0.05) is 25.3 Å². The molecule has 8 nitrogen and oxygen atoms in total. The summed E-state index contributed by atoms with van der Waals surface area (Å²) in [4.78, 5) is 50.0. The summed E-state index contributed by atoms with van der Waals surface area (Å²) in [6, 6.07) is 14.1. The highest BCUT2D eigenvalue weighted by molar-refractivity contribution is 6.05. The van der Waals surface area contributed by atoms with Gasteiger partial charge in [-0.2, -0.15) is 0 Å². The topological polar surface area (TPSA) is 90.4 Å². The minimum atomic E-state index is -1.21. The van der Waals surface area contributed by atoms with Gasteiger partial charge in [0.25, 0.3) is 5.91 Å². The van der Waals surface area contributed by atoms with Crippen LogP contribution in [0.4, 0.5) is 5.69 Å². The largest absolute Gasteiger partial charge is 0.394 e. The summed E-state index contributed by atoms with van der Waals surface area (Å²) in [6.45, 7) is 18.5. The van der Waals surface area contributed by atoms with Crippen LogP contribution in [0, 0.1) is 31.6 Å². The first-order valence-corrected chi connectivity index (χ1v) is 17.0. The van der Waals surface area contributed by atoms with Gasteiger partial charge in [-0.1, -0.05) is 75.4 Å². The number of aliphatic hydroxyl groups excluding tert-OH is 1. The molecule has 2 unspecified atom stereocenters. The van der Waals surface area contributed by atoms with Crippen molar-refractivity contribution in [2.75, 3.05) is 24.6 Å². The third-order valence-electron chi connectivity index (χ3n) is 10.6. The highest BCUT2D eigenvalue weighted by Crippen LogP contribution is 2.65. The van der Waals surface area contributed by atoms with Crippen LogP contribution >= 0.6 is 0 Å². The van der Waals surface area contributed by atoms with Crippen LogP contribution in [0.5, 0.6) is 0 Å². The second-order valence-corrected chi connectivity index (χ2v) is 14.1. The average Bonchev–Trinajstić information content (AvgIpc) is 3.67. The second kappa shape index (κ2) is 13.8. The maximum Gasteiger partial charge on any atom is 0.253 e. The van der Waals surface area contributed by atoms with Gasteiger partial charge >= 0.3 is 0 Å². The van der Waals surface area contributed by atoms with Crippen molar-refractivity contribution in [2.24, 2.45) is 17.8 Å². The van der Waals surface area contributed by atoms with Gasteiger partial charge in [-0.05, 0) is 68.2 Å². The monoisotopic (exact) mass is 641 g/mol. The Morgan fingerprint density at radius 3 is 2.38 bits per heavy atom. The molecule has 3 saturated heterocycles. The standard InChI is InChI=1S/C39H51N3O5/c1-8-20-40(24-29-14-12-11-13-15-29)35(44)32-33-36(45)42(30(25-43)22-26(4)5)34(39(33)19-18-38(32,10-3)47-39)37(46)41(21-9-2)31-23-27(6)16-17-28(31)7/h8-9,11-17,23,26,30,32-34,43H,1-2,10,18-22,24-25H2,3-7H3/t30-,32+,33+,34?,38-,39?/m1/s1. The van der Waals surface area contributed by atoms with Gasteiger partial charge in [0.2, 0.25) is 11.8 Å². The van der Waals surface area contributed by atoms with Crippen molar-refractivity contribution in [2.45, 2.75) is 90.1 Å². The first-order valence-electron chi connectivity index (χ1n) is 17.0. The van der Waals surface area contributed by atoms with Crippen LogP contribution in [0.25, 0.3) is 0 Å². The number of hydrogen-bond donors (Lipinski definition) is 1. The third kappa shape index (κ3) is 5.95. The van der Waals surface area contributed by atoms with Gasteiger partial charge in [0.1, 0.15) is 11.6 Å². The van der Waals surface area contributed by atoms with Crippen LogP contribution in [-0.2, 0) is 25.7 Å². The predicted molar refractivity (Wildman–Crippen MR) is 185 cm³/mol. The van der Waals surface area contributed by atoms with E-state index >= 15 is 4.79 Å². The highest BCUT2D eigenvalue weighted by atomic mass is 16.5. The summed E-state index contributed by atoms with van der Waals surface area (Å²) in [7, 11) is 0. The molecule has 47 heavy (non-hydrogen) atoms. The summed E-state index contributed by atoms with van der Waals surface area (Å²) < 4.78 is 7.09. The number of aliphatic hydroxyl groups is 1. The van der Waals surface area contributed by atoms with E-state index in [0.717, 1.165) is 22.4 Å². The Bertz CT molecular complexity index is 1510. The van der Waals surface area contributed by atoms with Gasteiger partial charge in [0.15, 0.2) is 0 Å². The Hall–Kier alpha value is -3.75. The van der Waals surface area contributed by atoms with Crippen molar-refractivity contribution in [1.82, 2.24) is 9.80 Å². The number of carbonyl (C=O) groups is 3. The van der Waals surface area contributed by atoms with E-state index in [4.69, 9.17) is 4.74 Å². The van der Waals surface area contributed by atoms with E-state index in [9.17, 15) is 14.7 Å². The molecule has 3 amide bonds. The molecule has 2 aromatic carbocycles. The number of likely N-dealkylation sites (tertiary alicyclic amines) is 1. The van der Waals surface area contributed by atoms with Crippen molar-refractivity contribution in [3.63, 3.8) is 0 Å². The Morgan fingerprint density at radius 1 is 1.06 bits per heavy atom. The molecule has 6 atom stereocenters. The van der Waals surface area contributed by atoms with Gasteiger partial charge in [-0.25, -0.2) is 0 Å². The number of rotatable bonds is 14. The molecule has 0 aromatic heterocycles. The third-order valence-corrected chi connectivity index (χ3v) is 10.6. The molecular weight excluding hydrogens is 590 g/mol. The van der Waals surface area contributed by atoms with Crippen LogP contribution in [0.3, 0.4) is 0 Å². The van der Waals surface area contributed by atoms with E-state index in [1.165, 1.54) is 0 Å². The molecule has 0 aliphatic carbocycles. The van der Waals surface area contributed by atoms with Gasteiger partial charge in [-0.15, -0.1) is 13.2 Å². The maximum absolute atomic E-state index is 15.1. The highest BCUT2D eigenvalue weighted by Gasteiger charge is 2.79. The van der Waals surface area contributed by atoms with E-state index < -0.39 is 35.1 Å². The van der Waals surface area contributed by atoms with Crippen LogP contribution in [0.1, 0.15) is 63.1 Å². The zero-order chi connectivity index (χ0) is 34.1. The fourth-order valence-corrected chi connectivity index (χ4v) is 8.51. The molecular formula is C39H51N3O5. The number of hydrogen-bond acceptors (Lipinski definition) is 5. The fourth-order valence-electron chi connectivity index (χ4n) is 8.51. The molecule has 1 spiro atoms. The zero-order valence-corrected chi connectivity index (χ0v) is 28.7. The van der Waals surface area contributed by atoms with E-state index in [-0.39, 0.29) is 36.8 Å². The quantitative estimate of drug-likeness (QED) is 0.272. The lowest BCUT2D eigenvalue weighted by Gasteiger charge is -2.40. The molecule has 8 heteroatoms. The number of amides is 3. The lowest BCUT2D eigenvalue weighted by Crippen LogP contribution is -2.59. The van der Waals surface area contributed by atoms with E-state index in [1.54, 1.807) is 26.9 Å². The summed E-state index contributed by atoms with van der Waals surface area (Å²) in [5.74, 6) is -2.19. The number of carbonyl (C=O) groups excluding carboxylic acids is 3. The zero-order valence-electron chi connectivity index (χ0n) is 28.7. The summed E-state index contributed by atoms with van der Waals surface area (Å²) in [5, 5.41) is 10.8. The Balaban J connectivity index is 1.65. The van der Waals surface area contributed by atoms with Crippen LogP contribution in [-0.4, -0.2) is 75.6 Å². The lowest BCUT2D eigenvalue weighted by atomic mass is 9.64. The molecule has 3 aliphatic heterocycles. The molecule has 3 aliphatic rings. The first kappa shape index (κ1) is 34.6. The number of anilines is 1. The van der Waals surface area contributed by atoms with Crippen molar-refractivity contribution < 1.29 is 24.2 Å². The SMILES string of the molecule is C=CCN(Cc1ccccc1)C(=O)[C@@H]1[C@H]2C(=O)N([C@@H](CO)CC(C)C)C(C(=O)N(CC=C)c3cc(C)ccc3C)C23CC[C@@]1(CC)O3. The van der Waals surface area contributed by atoms with Gasteiger partial charge < -0.3 is 24.5 Å². The molecule has 2 bridgehead atoms. The van der Waals surface area contributed by atoms with Crippen molar-refractivity contribution in [1.29, 1.82) is 0 Å². The predicted octanol–water partition coefficient (Wildman–Crippen LogP) is 5.60. The van der Waals surface area contributed by atoms with E-state index in [2.05, 4.69) is 13.2 Å². The normalized spacial score (nSPS) is 26.7. The number of fused-ring (bicyclic) bond motifs is 1. The van der Waals surface area contributed by atoms with Crippen molar-refractivity contribution in [3.8, 4) is 0 Å². The molecule has 5 rings (SSSR count). The minimum Gasteiger partial charge on any atom is -0.394 e. The van der Waals surface area contributed by atoms with Gasteiger partial charge in [-0.3, -0.25) is 14.4 Å². The Morgan fingerprint density at radius 2 is 1.77 bits per heavy atom. The maximum atomic E-state index is 15.1. The Labute approximate surface area is 280 Å². The van der Waals surface area contributed by atoms with Gasteiger partial charge in [0.05, 0.1) is 30.1 Å². The molecule has 0 saturated carbocycles. The summed E-state index contributed by atoms with van der Waals surface area (Å²) >= 11 is 0. The van der Waals surface area contributed by atoms with E-state index in [0.29, 0.717) is 38.8 Å². The number of aryl methyl sites for hydroxylation is 2. The smallest absolute Gasteiger partial charge is 0.253 e. The Kier molecular flexibility index (Phi) is 10.1. The van der Waals surface area contributed by atoms with Crippen LogP contribution in [0.15, 0.2) is 73.8 Å². The minimum absolute atomic E-state index is 0.155. The fraction of sp³-hybridized carbons (Fsp3) is 0.513. The molecule has 1 N–H and O–H groups in total. The summed E-state index contributed by atoms with van der Waals surface area (Å²) in [5.41, 5.74) is 1.56. The van der Waals surface area contributed by atoms with Crippen LogP contribution < -0.4 is 4.90 Å². The average molecular weight is 642 g/mol. The molecule has 252 valence electrons.